The summed E-state index contributed by atoms with van der Waals surface area (Å²) in [5.74, 6) is 0.384. The van der Waals surface area contributed by atoms with Gasteiger partial charge >= 0.3 is 6.18 Å². The highest BCUT2D eigenvalue weighted by atomic mass is 35.5. The highest BCUT2D eigenvalue weighted by molar-refractivity contribution is 6.30. The van der Waals surface area contributed by atoms with Gasteiger partial charge in [0.05, 0.1) is 17.8 Å². The van der Waals surface area contributed by atoms with Crippen LogP contribution in [0, 0.1) is 6.92 Å². The highest BCUT2D eigenvalue weighted by Crippen LogP contribution is 2.37. The number of pyridine rings is 1. The summed E-state index contributed by atoms with van der Waals surface area (Å²) >= 11 is 6.01. The summed E-state index contributed by atoms with van der Waals surface area (Å²) in [4.78, 5) is 4.22. The van der Waals surface area contributed by atoms with Crippen molar-refractivity contribution in [1.29, 1.82) is 0 Å². The van der Waals surface area contributed by atoms with E-state index in [-0.39, 0.29) is 0 Å². The van der Waals surface area contributed by atoms with Gasteiger partial charge in [0.25, 0.3) is 0 Å². The van der Waals surface area contributed by atoms with E-state index in [1.54, 1.807) is 23.0 Å². The first-order chi connectivity index (χ1) is 14.7. The fourth-order valence-corrected chi connectivity index (χ4v) is 3.60. The first kappa shape index (κ1) is 20.9. The van der Waals surface area contributed by atoms with Crippen molar-refractivity contribution in [1.82, 2.24) is 14.8 Å². The van der Waals surface area contributed by atoms with E-state index in [1.807, 2.05) is 31.3 Å². The van der Waals surface area contributed by atoms with Crippen LogP contribution in [0.3, 0.4) is 0 Å². The molecule has 31 heavy (non-hydrogen) atoms. The smallest absolute Gasteiger partial charge is 0.383 e. The first-order valence-corrected chi connectivity index (χ1v) is 9.81. The number of nitrogens with two attached hydrogens (primary N) is 1. The lowest BCUT2D eigenvalue weighted by atomic mass is 9.96. The van der Waals surface area contributed by atoms with E-state index < -0.39 is 11.7 Å². The molecule has 4 rings (SSSR count). The molecule has 0 aliphatic carbocycles. The van der Waals surface area contributed by atoms with E-state index in [0.29, 0.717) is 22.9 Å². The van der Waals surface area contributed by atoms with Crippen molar-refractivity contribution >= 4 is 17.4 Å². The van der Waals surface area contributed by atoms with Crippen LogP contribution in [-0.4, -0.2) is 14.8 Å². The van der Waals surface area contributed by atoms with Gasteiger partial charge < -0.3 is 5.73 Å². The molecule has 0 spiro atoms. The molecule has 4 aromatic rings. The number of benzene rings is 2. The monoisotopic (exact) mass is 442 g/mol. The van der Waals surface area contributed by atoms with E-state index in [4.69, 9.17) is 17.3 Å². The van der Waals surface area contributed by atoms with Crippen molar-refractivity contribution in [3.05, 3.63) is 88.8 Å². The van der Waals surface area contributed by atoms with Gasteiger partial charge in [-0.25, -0.2) is 4.98 Å². The van der Waals surface area contributed by atoms with Crippen molar-refractivity contribution < 1.29 is 13.2 Å². The maximum atomic E-state index is 12.8. The van der Waals surface area contributed by atoms with E-state index in [9.17, 15) is 13.2 Å². The molecular formula is C23H18ClF3N4. The van der Waals surface area contributed by atoms with Crippen LogP contribution < -0.4 is 5.73 Å². The van der Waals surface area contributed by atoms with Gasteiger partial charge in [-0.15, -0.1) is 0 Å². The zero-order valence-electron chi connectivity index (χ0n) is 16.5. The number of nitrogens with zero attached hydrogens (tertiary/aromatic N) is 3. The minimum atomic E-state index is -4.35. The molecule has 4 nitrogen and oxygen atoms in total. The lowest BCUT2D eigenvalue weighted by Gasteiger charge is -2.11. The van der Waals surface area contributed by atoms with Crippen LogP contribution in [0.1, 0.15) is 16.8 Å². The van der Waals surface area contributed by atoms with Crippen molar-refractivity contribution in [2.45, 2.75) is 19.6 Å². The molecule has 2 aromatic carbocycles. The normalized spacial score (nSPS) is 11.6. The second kappa shape index (κ2) is 8.07. The molecule has 0 atom stereocenters. The van der Waals surface area contributed by atoms with Crippen molar-refractivity contribution in [3.8, 4) is 22.3 Å². The van der Waals surface area contributed by atoms with E-state index in [1.165, 1.54) is 12.1 Å². The predicted molar refractivity (Wildman–Crippen MR) is 116 cm³/mol. The Hall–Kier alpha value is -3.32. The van der Waals surface area contributed by atoms with Crippen LogP contribution >= 0.6 is 11.6 Å². The minimum absolute atomic E-state index is 0.343. The summed E-state index contributed by atoms with van der Waals surface area (Å²) in [7, 11) is 0. The van der Waals surface area contributed by atoms with E-state index >= 15 is 0 Å². The van der Waals surface area contributed by atoms with E-state index in [2.05, 4.69) is 10.1 Å². The second-order valence-electron chi connectivity index (χ2n) is 7.15. The molecule has 158 valence electrons. The van der Waals surface area contributed by atoms with E-state index in [0.717, 1.165) is 40.1 Å². The summed E-state index contributed by atoms with van der Waals surface area (Å²) in [6, 6.07) is 14.3. The Morgan fingerprint density at radius 1 is 0.968 bits per heavy atom. The number of aryl methyl sites for hydroxylation is 1. The molecule has 0 bridgehead atoms. The third-order valence-corrected chi connectivity index (χ3v) is 5.23. The molecule has 8 heteroatoms. The lowest BCUT2D eigenvalue weighted by molar-refractivity contribution is -0.137. The Morgan fingerprint density at radius 3 is 2.29 bits per heavy atom. The summed E-state index contributed by atoms with van der Waals surface area (Å²) in [6.45, 7) is 2.22. The number of nitrogen functional groups attached to an aromatic ring is 1. The molecule has 0 radical (unpaired) electrons. The molecule has 0 unspecified atom stereocenters. The van der Waals surface area contributed by atoms with Gasteiger partial charge in [-0.1, -0.05) is 35.9 Å². The number of hydrogen-bond acceptors (Lipinski definition) is 3. The molecule has 2 heterocycles. The van der Waals surface area contributed by atoms with Gasteiger partial charge in [-0.05, 0) is 53.9 Å². The number of rotatable bonds is 4. The Balaban J connectivity index is 1.69. The number of halogens is 4. The van der Waals surface area contributed by atoms with Crippen LogP contribution in [0.2, 0.25) is 5.02 Å². The molecule has 2 aromatic heterocycles. The molecule has 0 amide bonds. The molecular weight excluding hydrogens is 425 g/mol. The third kappa shape index (κ3) is 4.41. The topological polar surface area (TPSA) is 56.7 Å². The lowest BCUT2D eigenvalue weighted by Crippen LogP contribution is -2.05. The quantitative estimate of drug-likeness (QED) is 0.408. The maximum absolute atomic E-state index is 12.8. The third-order valence-electron chi connectivity index (χ3n) is 4.98. The fourth-order valence-electron chi connectivity index (χ4n) is 3.47. The average molecular weight is 443 g/mol. The zero-order chi connectivity index (χ0) is 22.2. The number of aromatic nitrogens is 3. The van der Waals surface area contributed by atoms with Crippen LogP contribution in [0.15, 0.2) is 67.0 Å². The SMILES string of the molecule is Cc1nn(Cc2ccc(C(F)(F)F)cc2)cc1-c1ccnc(N)c1-c1ccc(Cl)cc1. The van der Waals surface area contributed by atoms with Gasteiger partial charge in [0.1, 0.15) is 5.82 Å². The van der Waals surface area contributed by atoms with Crippen molar-refractivity contribution in [3.63, 3.8) is 0 Å². The van der Waals surface area contributed by atoms with Gasteiger partial charge in [-0.2, -0.15) is 18.3 Å². The standard InChI is InChI=1S/C23H18ClF3N4/c1-14-20(13-31(30-14)12-15-2-6-17(7-3-15)23(25,26)27)19-10-11-29-22(28)21(19)16-4-8-18(24)9-5-16/h2-11,13H,12H2,1H3,(H2,28,29). The Labute approximate surface area is 182 Å². The minimum Gasteiger partial charge on any atom is -0.383 e. The Bertz CT molecular complexity index is 1210. The second-order valence-corrected chi connectivity index (χ2v) is 7.58. The summed E-state index contributed by atoms with van der Waals surface area (Å²) in [5.41, 5.74) is 10.4. The van der Waals surface area contributed by atoms with Crippen LogP contribution in [0.25, 0.3) is 22.3 Å². The van der Waals surface area contributed by atoms with Gasteiger partial charge in [-0.3, -0.25) is 4.68 Å². The predicted octanol–water partition coefficient (Wildman–Crippen LogP) is 6.22. The first-order valence-electron chi connectivity index (χ1n) is 9.43. The van der Waals surface area contributed by atoms with Crippen LogP contribution in [-0.2, 0) is 12.7 Å². The van der Waals surface area contributed by atoms with Crippen molar-refractivity contribution in [2.24, 2.45) is 0 Å². The van der Waals surface area contributed by atoms with Gasteiger partial charge in [0, 0.05) is 28.5 Å². The molecule has 0 aliphatic rings. The summed E-state index contributed by atoms with van der Waals surface area (Å²) < 4.78 is 40.1. The largest absolute Gasteiger partial charge is 0.416 e. The Kier molecular flexibility index (Phi) is 5.45. The van der Waals surface area contributed by atoms with Gasteiger partial charge in [0.2, 0.25) is 0 Å². The molecule has 0 saturated carbocycles. The number of alkyl halides is 3. The fraction of sp³-hybridized carbons (Fsp3) is 0.130. The van der Waals surface area contributed by atoms with Crippen LogP contribution in [0.4, 0.5) is 19.0 Å². The highest BCUT2D eigenvalue weighted by Gasteiger charge is 2.29. The molecule has 0 saturated heterocycles. The zero-order valence-corrected chi connectivity index (χ0v) is 17.2. The maximum Gasteiger partial charge on any atom is 0.416 e. The average Bonchev–Trinajstić information content (AvgIpc) is 3.08. The Morgan fingerprint density at radius 2 is 1.65 bits per heavy atom. The van der Waals surface area contributed by atoms with Crippen molar-refractivity contribution in [2.75, 3.05) is 5.73 Å². The summed E-state index contributed by atoms with van der Waals surface area (Å²) in [6.07, 6.45) is -0.856. The summed E-state index contributed by atoms with van der Waals surface area (Å²) in [5, 5.41) is 5.16. The molecule has 0 aliphatic heterocycles. The number of anilines is 1. The van der Waals surface area contributed by atoms with Gasteiger partial charge in [0.15, 0.2) is 0 Å². The number of hydrogen-bond donors (Lipinski definition) is 1. The molecule has 2 N–H and O–H groups in total. The van der Waals surface area contributed by atoms with Crippen LogP contribution in [0.5, 0.6) is 0 Å². The molecule has 0 fully saturated rings.